The average molecular weight is 607 g/mol. The van der Waals surface area contributed by atoms with E-state index in [1.165, 1.54) is 29.5 Å². The lowest BCUT2D eigenvalue weighted by Crippen LogP contribution is -2.60. The smallest absolute Gasteiger partial charge is 0.289 e. The summed E-state index contributed by atoms with van der Waals surface area (Å²) in [7, 11) is -4.27. The molecule has 10 nitrogen and oxygen atoms in total. The molecule has 5 rings (SSSR count). The number of fused-ring (bicyclic) bond motifs is 1. The molecule has 42 heavy (non-hydrogen) atoms. The number of benzene rings is 3. The summed E-state index contributed by atoms with van der Waals surface area (Å²) in [6, 6.07) is 23.2. The van der Waals surface area contributed by atoms with E-state index in [0.717, 1.165) is 34.6 Å². The molecule has 3 N–H and O–H groups in total. The molecule has 2 amide bonds. The highest BCUT2D eigenvalue weighted by atomic mass is 32.2. The normalized spacial score (nSPS) is 15.2. The zero-order chi connectivity index (χ0) is 29.7. The first-order valence-corrected chi connectivity index (χ1v) is 15.9. The van der Waals surface area contributed by atoms with E-state index in [-0.39, 0.29) is 18.4 Å². The van der Waals surface area contributed by atoms with Gasteiger partial charge in [0.15, 0.2) is 4.90 Å². The number of rotatable bonds is 11. The first-order chi connectivity index (χ1) is 20.2. The summed E-state index contributed by atoms with van der Waals surface area (Å²) in [6.07, 6.45) is 2.72. The van der Waals surface area contributed by atoms with Gasteiger partial charge >= 0.3 is 0 Å². The highest BCUT2D eigenvalue weighted by molar-refractivity contribution is 7.89. The second kappa shape index (κ2) is 12.4. The Labute approximate surface area is 247 Å². The zero-order valence-electron chi connectivity index (χ0n) is 22.6. The van der Waals surface area contributed by atoms with Gasteiger partial charge in [-0.25, -0.2) is 13.1 Å². The molecule has 0 aliphatic heterocycles. The Bertz CT molecular complexity index is 1680. The quantitative estimate of drug-likeness (QED) is 0.168. The van der Waals surface area contributed by atoms with E-state index in [1.807, 2.05) is 60.7 Å². The Morgan fingerprint density at radius 3 is 2.33 bits per heavy atom. The van der Waals surface area contributed by atoms with Gasteiger partial charge in [-0.15, -0.1) is 11.3 Å². The molecule has 1 aromatic heterocycles. The van der Waals surface area contributed by atoms with E-state index in [0.29, 0.717) is 24.1 Å². The third kappa shape index (κ3) is 6.51. The molecule has 12 heteroatoms. The van der Waals surface area contributed by atoms with E-state index < -0.39 is 37.1 Å². The summed E-state index contributed by atoms with van der Waals surface area (Å²) < 4.78 is 29.6. The number of nitro groups is 1. The Hall–Kier alpha value is -4.13. The van der Waals surface area contributed by atoms with Crippen LogP contribution in [-0.2, 0) is 21.2 Å². The zero-order valence-corrected chi connectivity index (χ0v) is 24.2. The van der Waals surface area contributed by atoms with Gasteiger partial charge < -0.3 is 10.6 Å². The first kappa shape index (κ1) is 29.4. The van der Waals surface area contributed by atoms with Gasteiger partial charge in [0.05, 0.1) is 9.80 Å². The number of sulfonamides is 1. The molecule has 0 saturated heterocycles. The van der Waals surface area contributed by atoms with Crippen LogP contribution in [0.2, 0.25) is 0 Å². The summed E-state index contributed by atoms with van der Waals surface area (Å²) in [6.45, 7) is -0.213. The molecule has 218 valence electrons. The Morgan fingerprint density at radius 2 is 1.62 bits per heavy atom. The summed E-state index contributed by atoms with van der Waals surface area (Å²) in [4.78, 5) is 37.9. The maximum atomic E-state index is 13.9. The largest absolute Gasteiger partial charge is 0.350 e. The lowest BCUT2D eigenvalue weighted by atomic mass is 9.94. The number of nitrogens with zero attached hydrogens (tertiary/aromatic N) is 1. The van der Waals surface area contributed by atoms with E-state index in [4.69, 9.17) is 0 Å². The first-order valence-electron chi connectivity index (χ1n) is 13.6. The molecule has 0 radical (unpaired) electrons. The number of hydrogen-bond donors (Lipinski definition) is 3. The van der Waals surface area contributed by atoms with Gasteiger partial charge in [0.25, 0.3) is 11.6 Å². The van der Waals surface area contributed by atoms with E-state index >= 15 is 0 Å². The SMILES string of the molecule is O=C(NC1(C(=O)N[C@@H](CNS(=O)(=O)c2ccccc2[N+](=O)[O-])Cc2ccccc2)CCCC1)c1cc2ccccc2s1. The predicted octanol–water partition coefficient (Wildman–Crippen LogP) is 4.56. The number of nitrogens with one attached hydrogen (secondary N) is 3. The van der Waals surface area contributed by atoms with Crippen LogP contribution in [0.15, 0.2) is 89.8 Å². The highest BCUT2D eigenvalue weighted by Gasteiger charge is 2.43. The third-order valence-electron chi connectivity index (χ3n) is 7.43. The number of nitro benzene ring substituents is 1. The Morgan fingerprint density at radius 1 is 0.952 bits per heavy atom. The van der Waals surface area contributed by atoms with E-state index in [9.17, 15) is 28.1 Å². The fourth-order valence-corrected chi connectivity index (χ4v) is 7.49. The molecular weight excluding hydrogens is 576 g/mol. The van der Waals surface area contributed by atoms with Crippen molar-refractivity contribution in [1.82, 2.24) is 15.4 Å². The average Bonchev–Trinajstić information content (AvgIpc) is 3.65. The molecular formula is C30H30N4O6S2. The minimum absolute atomic E-state index is 0.213. The molecule has 1 aliphatic carbocycles. The third-order valence-corrected chi connectivity index (χ3v) is 10.0. The highest BCUT2D eigenvalue weighted by Crippen LogP contribution is 2.32. The molecule has 1 fully saturated rings. The minimum atomic E-state index is -4.27. The van der Waals surface area contributed by atoms with Gasteiger partial charge in [-0.1, -0.05) is 73.5 Å². The van der Waals surface area contributed by atoms with Crippen molar-refractivity contribution in [1.29, 1.82) is 0 Å². The van der Waals surface area contributed by atoms with Crippen LogP contribution in [-0.4, -0.2) is 43.3 Å². The van der Waals surface area contributed by atoms with E-state index in [2.05, 4.69) is 15.4 Å². The van der Waals surface area contributed by atoms with Crippen LogP contribution in [0.4, 0.5) is 5.69 Å². The molecule has 3 aromatic carbocycles. The molecule has 0 unspecified atom stereocenters. The van der Waals surface area contributed by atoms with Crippen molar-refractivity contribution < 1.29 is 22.9 Å². The number of carbonyl (C=O) groups excluding carboxylic acids is 2. The maximum Gasteiger partial charge on any atom is 0.289 e. The number of thiophene rings is 1. The van der Waals surface area contributed by atoms with Crippen molar-refractivity contribution in [2.24, 2.45) is 0 Å². The number of carbonyl (C=O) groups is 2. The van der Waals surface area contributed by atoms with Crippen LogP contribution in [0.25, 0.3) is 10.1 Å². The standard InChI is InChI=1S/C30H30N4O6S2/c35-28(26-19-22-12-4-6-14-25(22)41-26)33-30(16-8-9-17-30)29(36)32-23(18-21-10-2-1-3-11-21)20-31-42(39,40)27-15-7-5-13-24(27)34(37)38/h1-7,10-15,19,23,31H,8-9,16-18,20H2,(H,32,36)(H,33,35)/t23-/m1/s1. The van der Waals surface area contributed by atoms with E-state index in [1.54, 1.807) is 0 Å². The number of amides is 2. The molecule has 0 spiro atoms. The lowest BCUT2D eigenvalue weighted by Gasteiger charge is -2.31. The van der Waals surface area contributed by atoms with Gasteiger partial charge in [-0.2, -0.15) is 0 Å². The Kier molecular flexibility index (Phi) is 8.66. The molecule has 1 atom stereocenters. The van der Waals surface area contributed by atoms with Crippen LogP contribution in [0, 0.1) is 10.1 Å². The van der Waals surface area contributed by atoms with Crippen molar-refractivity contribution in [3.8, 4) is 0 Å². The topological polar surface area (TPSA) is 148 Å². The van der Waals surface area contributed by atoms with Crippen molar-refractivity contribution in [3.63, 3.8) is 0 Å². The number of hydrogen-bond acceptors (Lipinski definition) is 7. The van der Waals surface area contributed by atoms with Crippen molar-refractivity contribution in [2.45, 2.75) is 48.6 Å². The van der Waals surface area contributed by atoms with Crippen LogP contribution < -0.4 is 15.4 Å². The predicted molar refractivity (Wildman–Crippen MR) is 161 cm³/mol. The van der Waals surface area contributed by atoms with Gasteiger partial charge in [0.2, 0.25) is 15.9 Å². The van der Waals surface area contributed by atoms with Crippen LogP contribution in [0.1, 0.15) is 40.9 Å². The fourth-order valence-electron chi connectivity index (χ4n) is 5.28. The summed E-state index contributed by atoms with van der Waals surface area (Å²) in [5.74, 6) is -0.717. The van der Waals surface area contributed by atoms with Crippen LogP contribution in [0.3, 0.4) is 0 Å². The summed E-state index contributed by atoms with van der Waals surface area (Å²) in [5, 5.41) is 18.4. The summed E-state index contributed by atoms with van der Waals surface area (Å²) >= 11 is 1.36. The minimum Gasteiger partial charge on any atom is -0.350 e. The molecule has 1 aliphatic rings. The van der Waals surface area contributed by atoms with Crippen LogP contribution in [0.5, 0.6) is 0 Å². The molecule has 0 bridgehead atoms. The van der Waals surface area contributed by atoms with Gasteiger partial charge in [0, 0.05) is 23.4 Å². The number of para-hydroxylation sites is 1. The fraction of sp³-hybridized carbons (Fsp3) is 0.267. The second-order valence-electron chi connectivity index (χ2n) is 10.3. The molecule has 1 saturated carbocycles. The van der Waals surface area contributed by atoms with Crippen molar-refractivity contribution in [2.75, 3.05) is 6.54 Å². The molecule has 4 aromatic rings. The van der Waals surface area contributed by atoms with Gasteiger partial charge in [0.1, 0.15) is 5.54 Å². The monoisotopic (exact) mass is 606 g/mol. The van der Waals surface area contributed by atoms with Crippen molar-refractivity contribution in [3.05, 3.63) is 105 Å². The molecule has 1 heterocycles. The van der Waals surface area contributed by atoms with Crippen LogP contribution >= 0.6 is 11.3 Å². The van der Waals surface area contributed by atoms with Crippen molar-refractivity contribution >= 4 is 48.9 Å². The maximum absolute atomic E-state index is 13.9. The Balaban J connectivity index is 1.36. The van der Waals surface area contributed by atoms with Gasteiger partial charge in [-0.3, -0.25) is 19.7 Å². The lowest BCUT2D eigenvalue weighted by molar-refractivity contribution is -0.387. The summed E-state index contributed by atoms with van der Waals surface area (Å²) in [5.41, 5.74) is -0.816. The second-order valence-corrected chi connectivity index (χ2v) is 13.1. The van der Waals surface area contributed by atoms with Gasteiger partial charge in [-0.05, 0) is 48.4 Å².